The molecule has 2 aliphatic heterocycles. The monoisotopic (exact) mass is 505 g/mol. The lowest BCUT2D eigenvalue weighted by Crippen LogP contribution is -2.40. The van der Waals surface area contributed by atoms with Crippen LogP contribution in [-0.2, 0) is 6.42 Å². The zero-order valence-electron chi connectivity index (χ0n) is 21.4. The van der Waals surface area contributed by atoms with Crippen molar-refractivity contribution in [2.45, 2.75) is 63.1 Å². The maximum absolute atomic E-state index is 12.8. The van der Waals surface area contributed by atoms with Gasteiger partial charge in [0.25, 0.3) is 0 Å². The van der Waals surface area contributed by atoms with E-state index in [2.05, 4.69) is 49.4 Å². The maximum atomic E-state index is 12.8. The first-order chi connectivity index (χ1) is 18.0. The molecule has 37 heavy (non-hydrogen) atoms. The zero-order valence-corrected chi connectivity index (χ0v) is 21.4. The van der Waals surface area contributed by atoms with Crippen molar-refractivity contribution in [2.75, 3.05) is 26.2 Å². The molecule has 3 aromatic rings. The smallest absolute Gasteiger partial charge is 0.354 e. The van der Waals surface area contributed by atoms with Crippen molar-refractivity contribution in [1.82, 2.24) is 35.8 Å². The number of aromatic nitrogens is 3. The molecule has 5 rings (SSSR count). The Labute approximate surface area is 217 Å². The molecule has 0 unspecified atom stereocenters. The van der Waals surface area contributed by atoms with Gasteiger partial charge in [-0.25, -0.2) is 4.79 Å². The summed E-state index contributed by atoms with van der Waals surface area (Å²) >= 11 is 0. The number of guanidine groups is 1. The minimum Gasteiger partial charge on any atom is -0.370 e. The molecule has 2 aromatic heterocycles. The van der Waals surface area contributed by atoms with Crippen LogP contribution in [0.4, 0.5) is 0 Å². The molecule has 10 nitrogen and oxygen atoms in total. The molecular weight excluding hydrogens is 466 g/mol. The van der Waals surface area contributed by atoms with Crippen LogP contribution in [0.1, 0.15) is 55.8 Å². The first kappa shape index (κ1) is 25.4. The van der Waals surface area contributed by atoms with E-state index < -0.39 is 0 Å². The number of hydrogen-bond donors (Lipinski definition) is 7. The molecule has 0 spiro atoms. The van der Waals surface area contributed by atoms with Crippen LogP contribution >= 0.6 is 0 Å². The molecule has 4 heterocycles. The topological polar surface area (TPSA) is 149 Å². The van der Waals surface area contributed by atoms with Gasteiger partial charge in [0.05, 0.1) is 5.69 Å². The highest BCUT2D eigenvalue weighted by Crippen LogP contribution is 2.27. The number of aromatic amines is 1. The number of piperidine rings is 2. The van der Waals surface area contributed by atoms with Gasteiger partial charge >= 0.3 is 5.69 Å². The number of nitrogens with two attached hydrogens (primary N) is 1. The molecule has 198 valence electrons. The normalized spacial score (nSPS) is 20.8. The predicted molar refractivity (Wildman–Crippen MR) is 147 cm³/mol. The van der Waals surface area contributed by atoms with Gasteiger partial charge in [-0.1, -0.05) is 18.6 Å². The molecule has 2 atom stereocenters. The quantitative estimate of drug-likeness (QED) is 0.173. The Balaban J connectivity index is 1.22. The average Bonchev–Trinajstić information content (AvgIpc) is 3.30. The first-order valence-corrected chi connectivity index (χ1v) is 13.5. The van der Waals surface area contributed by atoms with Crippen LogP contribution in [0, 0.1) is 5.41 Å². The Morgan fingerprint density at radius 3 is 2.73 bits per heavy atom. The molecule has 0 aliphatic carbocycles. The van der Waals surface area contributed by atoms with Crippen molar-refractivity contribution >= 4 is 17.0 Å². The second kappa shape index (κ2) is 11.9. The van der Waals surface area contributed by atoms with Gasteiger partial charge < -0.3 is 32.0 Å². The van der Waals surface area contributed by atoms with Crippen molar-refractivity contribution in [3.8, 4) is 5.69 Å². The highest BCUT2D eigenvalue weighted by Gasteiger charge is 2.22. The number of rotatable bonds is 9. The number of nitrogens with one attached hydrogen (secondary N) is 6. The Bertz CT molecular complexity index is 1240. The second-order valence-corrected chi connectivity index (χ2v) is 10.3. The predicted octanol–water partition coefficient (Wildman–Crippen LogP) is 1.65. The summed E-state index contributed by atoms with van der Waals surface area (Å²) in [7, 11) is 0. The van der Waals surface area contributed by atoms with Gasteiger partial charge in [-0.2, -0.15) is 4.98 Å². The van der Waals surface area contributed by atoms with Crippen molar-refractivity contribution in [3.05, 3.63) is 58.3 Å². The molecule has 10 heteroatoms. The summed E-state index contributed by atoms with van der Waals surface area (Å²) in [5, 5.41) is 21.9. The lowest BCUT2D eigenvalue weighted by molar-refractivity contribution is 0.312. The summed E-state index contributed by atoms with van der Waals surface area (Å²) in [6.07, 6.45) is 9.41. The van der Waals surface area contributed by atoms with Crippen molar-refractivity contribution in [1.29, 1.82) is 5.41 Å². The lowest BCUT2D eigenvalue weighted by Gasteiger charge is -2.31. The van der Waals surface area contributed by atoms with Crippen LogP contribution in [0.25, 0.3) is 16.7 Å². The van der Waals surface area contributed by atoms with Gasteiger partial charge in [0.1, 0.15) is 5.65 Å². The summed E-state index contributed by atoms with van der Waals surface area (Å²) in [6.45, 7) is 3.77. The van der Waals surface area contributed by atoms with Crippen molar-refractivity contribution in [3.63, 3.8) is 0 Å². The number of benzene rings is 1. The minimum absolute atomic E-state index is 0.0198. The summed E-state index contributed by atoms with van der Waals surface area (Å²) in [6, 6.07) is 11.6. The third kappa shape index (κ3) is 6.57. The molecule has 2 saturated heterocycles. The number of fused-ring (bicyclic) bond motifs is 1. The average molecular weight is 506 g/mol. The van der Waals surface area contributed by atoms with E-state index in [1.807, 2.05) is 18.3 Å². The van der Waals surface area contributed by atoms with Gasteiger partial charge in [-0.15, -0.1) is 0 Å². The van der Waals surface area contributed by atoms with E-state index in [0.29, 0.717) is 24.3 Å². The standard InChI is InChI=1S/C27H39N9O/c28-26(29)32-15-10-21-2-1-3-24(33-21)18-4-6-23(7-5-18)36-17-19-16-22(34-25(19)35-27(36)37)11-14-31-20-8-12-30-13-9-20/h4-7,16-17,20-21,24,30-31,33H,1-3,8-15H2,(H4,28,29,32)(H,34,35,37)/t21-,24-/m0/s1. The number of hydrogen-bond acceptors (Lipinski definition) is 6. The third-order valence-corrected chi connectivity index (χ3v) is 7.59. The Morgan fingerprint density at radius 2 is 1.95 bits per heavy atom. The highest BCUT2D eigenvalue weighted by atomic mass is 16.1. The summed E-state index contributed by atoms with van der Waals surface area (Å²) in [4.78, 5) is 20.4. The fourth-order valence-electron chi connectivity index (χ4n) is 5.57. The number of nitrogens with zero attached hydrogens (tertiary/aromatic N) is 2. The van der Waals surface area contributed by atoms with E-state index in [-0.39, 0.29) is 17.7 Å². The molecular formula is C27H39N9O. The largest absolute Gasteiger partial charge is 0.370 e. The van der Waals surface area contributed by atoms with Crippen LogP contribution in [0.3, 0.4) is 0 Å². The minimum atomic E-state index is -0.282. The van der Waals surface area contributed by atoms with Crippen molar-refractivity contribution in [2.24, 2.45) is 5.73 Å². The second-order valence-electron chi connectivity index (χ2n) is 10.3. The molecule has 2 fully saturated rings. The summed E-state index contributed by atoms with van der Waals surface area (Å²) < 4.78 is 1.63. The SMILES string of the molecule is N=C(N)NCC[C@@H]1CCC[C@@H](c2ccc(-n3cc4cc(CCNC5CCNCC5)[nH]c4nc3=O)cc2)N1. The molecule has 0 saturated carbocycles. The molecule has 2 aliphatic rings. The Morgan fingerprint density at radius 1 is 1.14 bits per heavy atom. The van der Waals surface area contributed by atoms with Gasteiger partial charge in [-0.05, 0) is 69.0 Å². The first-order valence-electron chi connectivity index (χ1n) is 13.5. The lowest BCUT2D eigenvalue weighted by atomic mass is 9.92. The van der Waals surface area contributed by atoms with E-state index in [1.165, 1.54) is 18.4 Å². The Hall–Kier alpha value is -3.21. The highest BCUT2D eigenvalue weighted by molar-refractivity contribution is 5.75. The van der Waals surface area contributed by atoms with Gasteiger partial charge in [-0.3, -0.25) is 9.98 Å². The zero-order chi connectivity index (χ0) is 25.6. The Kier molecular flexibility index (Phi) is 8.18. The van der Waals surface area contributed by atoms with E-state index in [9.17, 15) is 4.79 Å². The van der Waals surface area contributed by atoms with Crippen molar-refractivity contribution < 1.29 is 0 Å². The molecule has 8 N–H and O–H groups in total. The van der Waals surface area contributed by atoms with E-state index in [4.69, 9.17) is 11.1 Å². The van der Waals surface area contributed by atoms with Crippen LogP contribution < -0.4 is 32.7 Å². The molecule has 0 bridgehead atoms. The van der Waals surface area contributed by atoms with Gasteiger partial charge in [0.2, 0.25) is 0 Å². The fraction of sp³-hybridized carbons (Fsp3) is 0.519. The molecule has 0 amide bonds. The summed E-state index contributed by atoms with van der Waals surface area (Å²) in [5.41, 5.74) is 8.88. The molecule has 0 radical (unpaired) electrons. The van der Waals surface area contributed by atoms with Crippen LogP contribution in [0.5, 0.6) is 0 Å². The van der Waals surface area contributed by atoms with E-state index >= 15 is 0 Å². The van der Waals surface area contributed by atoms with Crippen LogP contribution in [0.15, 0.2) is 41.3 Å². The van der Waals surface area contributed by atoms with E-state index in [0.717, 1.165) is 68.5 Å². The van der Waals surface area contributed by atoms with Crippen LogP contribution in [0.2, 0.25) is 0 Å². The third-order valence-electron chi connectivity index (χ3n) is 7.59. The van der Waals surface area contributed by atoms with Gasteiger partial charge in [0.15, 0.2) is 5.96 Å². The van der Waals surface area contributed by atoms with Crippen LogP contribution in [-0.4, -0.2) is 58.8 Å². The summed E-state index contributed by atoms with van der Waals surface area (Å²) in [5.74, 6) is 0.0198. The number of H-pyrrole nitrogens is 1. The fourth-order valence-corrected chi connectivity index (χ4v) is 5.57. The van der Waals surface area contributed by atoms with Gasteiger partial charge in [0, 0.05) is 54.9 Å². The maximum Gasteiger partial charge on any atom is 0.354 e. The van der Waals surface area contributed by atoms with E-state index in [1.54, 1.807) is 4.57 Å². The molecule has 1 aromatic carbocycles.